The maximum absolute atomic E-state index is 6.18. The van der Waals surface area contributed by atoms with Crippen LogP contribution in [-0.4, -0.2) is 44.3 Å². The van der Waals surface area contributed by atoms with E-state index in [1.165, 1.54) is 12.8 Å². The van der Waals surface area contributed by atoms with Crippen LogP contribution in [0.3, 0.4) is 0 Å². The molecule has 0 spiro atoms. The summed E-state index contributed by atoms with van der Waals surface area (Å²) in [5.41, 5.74) is 6.39. The molecule has 0 radical (unpaired) electrons. The van der Waals surface area contributed by atoms with Gasteiger partial charge in [-0.3, -0.25) is 0 Å². The van der Waals surface area contributed by atoms with E-state index in [0.717, 1.165) is 38.3 Å². The molecule has 0 aromatic heterocycles. The molecule has 114 valence electrons. The summed E-state index contributed by atoms with van der Waals surface area (Å²) >= 11 is 0. The zero-order valence-electron chi connectivity index (χ0n) is 13.7. The fourth-order valence-electron chi connectivity index (χ4n) is 3.09. The Kier molecular flexibility index (Phi) is 6.28. The summed E-state index contributed by atoms with van der Waals surface area (Å²) in [7, 11) is 4.21. The van der Waals surface area contributed by atoms with Gasteiger partial charge in [-0.1, -0.05) is 20.8 Å². The Morgan fingerprint density at radius 3 is 2.21 bits per heavy atom. The SMILES string of the molecule is CN(C)CCCOC1(CN)CCC(C(C)(C)C)CC1. The topological polar surface area (TPSA) is 38.5 Å². The maximum Gasteiger partial charge on any atom is 0.0804 e. The molecule has 0 aromatic rings. The number of hydrogen-bond acceptors (Lipinski definition) is 3. The van der Waals surface area contributed by atoms with Crippen molar-refractivity contribution in [3.05, 3.63) is 0 Å². The molecule has 3 nitrogen and oxygen atoms in total. The largest absolute Gasteiger partial charge is 0.374 e. The van der Waals surface area contributed by atoms with Gasteiger partial charge in [0.15, 0.2) is 0 Å². The molecule has 2 N–H and O–H groups in total. The maximum atomic E-state index is 6.18. The molecule has 1 fully saturated rings. The van der Waals surface area contributed by atoms with Gasteiger partial charge in [0.2, 0.25) is 0 Å². The highest BCUT2D eigenvalue weighted by Gasteiger charge is 2.38. The predicted octanol–water partition coefficient (Wildman–Crippen LogP) is 2.89. The average Bonchev–Trinajstić information content (AvgIpc) is 2.34. The minimum Gasteiger partial charge on any atom is -0.374 e. The summed E-state index contributed by atoms with van der Waals surface area (Å²) < 4.78 is 6.18. The van der Waals surface area contributed by atoms with Crippen LogP contribution in [-0.2, 0) is 4.74 Å². The van der Waals surface area contributed by atoms with E-state index in [1.807, 2.05) is 0 Å². The molecule has 1 aliphatic rings. The van der Waals surface area contributed by atoms with Crippen molar-refractivity contribution in [2.24, 2.45) is 17.1 Å². The quantitative estimate of drug-likeness (QED) is 0.754. The molecule has 0 heterocycles. The molecule has 0 saturated heterocycles. The van der Waals surface area contributed by atoms with Crippen molar-refractivity contribution in [3.8, 4) is 0 Å². The molecule has 0 aliphatic heterocycles. The molecule has 0 amide bonds. The second kappa shape index (κ2) is 7.05. The van der Waals surface area contributed by atoms with E-state index in [-0.39, 0.29) is 5.60 Å². The van der Waals surface area contributed by atoms with Gasteiger partial charge in [-0.15, -0.1) is 0 Å². The summed E-state index contributed by atoms with van der Waals surface area (Å²) in [6.45, 7) is 9.66. The van der Waals surface area contributed by atoms with E-state index in [1.54, 1.807) is 0 Å². The van der Waals surface area contributed by atoms with E-state index >= 15 is 0 Å². The third-order valence-corrected chi connectivity index (χ3v) is 4.65. The molecule has 0 unspecified atom stereocenters. The van der Waals surface area contributed by atoms with E-state index in [4.69, 9.17) is 10.5 Å². The number of nitrogens with zero attached hydrogens (tertiary/aromatic N) is 1. The third kappa shape index (κ3) is 5.41. The fraction of sp³-hybridized carbons (Fsp3) is 1.00. The van der Waals surface area contributed by atoms with Crippen LogP contribution < -0.4 is 5.73 Å². The third-order valence-electron chi connectivity index (χ3n) is 4.65. The van der Waals surface area contributed by atoms with Gasteiger partial charge in [-0.25, -0.2) is 0 Å². The molecule has 0 bridgehead atoms. The normalized spacial score (nSPS) is 28.9. The highest BCUT2D eigenvalue weighted by molar-refractivity contribution is 4.91. The molecule has 1 rings (SSSR count). The van der Waals surface area contributed by atoms with Gasteiger partial charge in [0, 0.05) is 13.2 Å². The lowest BCUT2D eigenvalue weighted by Crippen LogP contribution is -2.45. The van der Waals surface area contributed by atoms with Crippen LogP contribution in [0.5, 0.6) is 0 Å². The van der Waals surface area contributed by atoms with Crippen molar-refractivity contribution in [1.29, 1.82) is 0 Å². The summed E-state index contributed by atoms with van der Waals surface area (Å²) in [5, 5.41) is 0. The van der Waals surface area contributed by atoms with Crippen molar-refractivity contribution in [3.63, 3.8) is 0 Å². The van der Waals surface area contributed by atoms with E-state index in [9.17, 15) is 0 Å². The molecule has 19 heavy (non-hydrogen) atoms. The molecule has 1 aliphatic carbocycles. The summed E-state index contributed by atoms with van der Waals surface area (Å²) in [6.07, 6.45) is 5.88. The van der Waals surface area contributed by atoms with Crippen molar-refractivity contribution in [2.45, 2.75) is 58.5 Å². The Labute approximate surface area is 119 Å². The van der Waals surface area contributed by atoms with Gasteiger partial charge in [0.1, 0.15) is 0 Å². The van der Waals surface area contributed by atoms with Crippen LogP contribution in [0, 0.1) is 11.3 Å². The van der Waals surface area contributed by atoms with Gasteiger partial charge in [0.25, 0.3) is 0 Å². The Bertz CT molecular complexity index is 250. The first-order valence-electron chi connectivity index (χ1n) is 7.78. The first-order chi connectivity index (χ1) is 8.79. The monoisotopic (exact) mass is 270 g/mol. The Morgan fingerprint density at radius 1 is 1.21 bits per heavy atom. The van der Waals surface area contributed by atoms with Crippen LogP contribution in [0.25, 0.3) is 0 Å². The van der Waals surface area contributed by atoms with Crippen LogP contribution in [0.4, 0.5) is 0 Å². The van der Waals surface area contributed by atoms with Crippen LogP contribution in [0.1, 0.15) is 52.9 Å². The van der Waals surface area contributed by atoms with Crippen LogP contribution in [0.15, 0.2) is 0 Å². The second-order valence-corrected chi connectivity index (χ2v) is 7.53. The molecule has 0 atom stereocenters. The molecule has 1 saturated carbocycles. The minimum atomic E-state index is -0.0337. The number of nitrogens with two attached hydrogens (primary N) is 1. The van der Waals surface area contributed by atoms with Gasteiger partial charge >= 0.3 is 0 Å². The zero-order chi connectivity index (χ0) is 14.5. The molecular formula is C16H34N2O. The molecule has 0 aromatic carbocycles. The summed E-state index contributed by atoms with van der Waals surface area (Å²) in [4.78, 5) is 2.20. The van der Waals surface area contributed by atoms with Crippen molar-refractivity contribution >= 4 is 0 Å². The number of ether oxygens (including phenoxy) is 1. The van der Waals surface area contributed by atoms with E-state index in [0.29, 0.717) is 12.0 Å². The lowest BCUT2D eigenvalue weighted by molar-refractivity contribution is -0.0811. The average molecular weight is 270 g/mol. The van der Waals surface area contributed by atoms with Gasteiger partial charge in [-0.2, -0.15) is 0 Å². The van der Waals surface area contributed by atoms with E-state index < -0.39 is 0 Å². The smallest absolute Gasteiger partial charge is 0.0804 e. The fourth-order valence-corrected chi connectivity index (χ4v) is 3.09. The van der Waals surface area contributed by atoms with Gasteiger partial charge in [0.05, 0.1) is 5.60 Å². The van der Waals surface area contributed by atoms with Crippen molar-refractivity contribution in [2.75, 3.05) is 33.8 Å². The van der Waals surface area contributed by atoms with Crippen LogP contribution >= 0.6 is 0 Å². The lowest BCUT2D eigenvalue weighted by atomic mass is 9.68. The Hall–Kier alpha value is -0.120. The first kappa shape index (κ1) is 16.9. The lowest BCUT2D eigenvalue weighted by Gasteiger charge is -2.43. The second-order valence-electron chi connectivity index (χ2n) is 7.53. The number of rotatable bonds is 6. The number of hydrogen-bond donors (Lipinski definition) is 1. The molecule has 3 heteroatoms. The summed E-state index contributed by atoms with van der Waals surface area (Å²) in [6, 6.07) is 0. The Balaban J connectivity index is 2.38. The minimum absolute atomic E-state index is 0.0337. The first-order valence-corrected chi connectivity index (χ1v) is 7.78. The Morgan fingerprint density at radius 2 is 1.79 bits per heavy atom. The highest BCUT2D eigenvalue weighted by atomic mass is 16.5. The van der Waals surface area contributed by atoms with E-state index in [2.05, 4.69) is 39.8 Å². The predicted molar refractivity (Wildman–Crippen MR) is 82.3 cm³/mol. The molecular weight excluding hydrogens is 236 g/mol. The van der Waals surface area contributed by atoms with Crippen molar-refractivity contribution < 1.29 is 4.74 Å². The summed E-state index contributed by atoms with van der Waals surface area (Å²) in [5.74, 6) is 0.817. The van der Waals surface area contributed by atoms with Gasteiger partial charge in [-0.05, 0) is 64.1 Å². The standard InChI is InChI=1S/C16H34N2O/c1-15(2,3)14-7-9-16(13-17,10-8-14)19-12-6-11-18(4)5/h14H,6-13,17H2,1-5H3. The van der Waals surface area contributed by atoms with Gasteiger partial charge < -0.3 is 15.4 Å². The van der Waals surface area contributed by atoms with Crippen LogP contribution in [0.2, 0.25) is 0 Å². The zero-order valence-corrected chi connectivity index (χ0v) is 13.7. The van der Waals surface area contributed by atoms with Crippen molar-refractivity contribution in [1.82, 2.24) is 4.90 Å². The highest BCUT2D eigenvalue weighted by Crippen LogP contribution is 2.42.